The number of ether oxygens (including phenoxy) is 1. The summed E-state index contributed by atoms with van der Waals surface area (Å²) in [4.78, 5) is 0. The van der Waals surface area contributed by atoms with E-state index >= 15 is 0 Å². The molecule has 0 bridgehead atoms. The first-order valence-electron chi connectivity index (χ1n) is 7.36. The lowest BCUT2D eigenvalue weighted by molar-refractivity contribution is 0.337. The molecule has 1 aliphatic rings. The minimum Gasteiger partial charge on any atom is -0.493 e. The molecular weight excluding hydrogens is 286 g/mol. The number of nitriles is 1. The standard InChI is InChI=1S/C16H21NO3S/c1-13-3-2-4-16(11-13)21(18,19)10-9-20-15-7-5-14(12-17)6-8-15/h5-8,13,16H,2-4,9-11H2,1H3. The van der Waals surface area contributed by atoms with Crippen LogP contribution in [0.4, 0.5) is 0 Å². The molecule has 0 spiro atoms. The topological polar surface area (TPSA) is 67.2 Å². The van der Waals surface area contributed by atoms with Crippen LogP contribution in [-0.2, 0) is 9.84 Å². The van der Waals surface area contributed by atoms with E-state index in [0.29, 0.717) is 17.2 Å². The third-order valence-corrected chi connectivity index (χ3v) is 6.20. The number of hydrogen-bond acceptors (Lipinski definition) is 4. The maximum Gasteiger partial charge on any atom is 0.156 e. The molecule has 0 amide bonds. The van der Waals surface area contributed by atoms with Crippen LogP contribution in [0.5, 0.6) is 5.75 Å². The lowest BCUT2D eigenvalue weighted by atomic mass is 9.91. The van der Waals surface area contributed by atoms with Gasteiger partial charge < -0.3 is 4.74 Å². The summed E-state index contributed by atoms with van der Waals surface area (Å²) in [6, 6.07) is 8.73. The fourth-order valence-electron chi connectivity index (χ4n) is 2.77. The minimum absolute atomic E-state index is 0.0599. The van der Waals surface area contributed by atoms with Gasteiger partial charge in [0, 0.05) is 0 Å². The fourth-order valence-corrected chi connectivity index (χ4v) is 4.57. The molecule has 21 heavy (non-hydrogen) atoms. The molecule has 0 aromatic heterocycles. The van der Waals surface area contributed by atoms with E-state index in [0.717, 1.165) is 25.7 Å². The van der Waals surface area contributed by atoms with Crippen molar-refractivity contribution in [3.05, 3.63) is 29.8 Å². The van der Waals surface area contributed by atoms with Gasteiger partial charge in [0.25, 0.3) is 0 Å². The average molecular weight is 307 g/mol. The van der Waals surface area contributed by atoms with Crippen molar-refractivity contribution in [3.8, 4) is 11.8 Å². The average Bonchev–Trinajstić information content (AvgIpc) is 2.48. The Labute approximate surface area is 126 Å². The van der Waals surface area contributed by atoms with Gasteiger partial charge in [-0.25, -0.2) is 8.42 Å². The van der Waals surface area contributed by atoms with Crippen LogP contribution in [0.2, 0.25) is 0 Å². The van der Waals surface area contributed by atoms with Crippen molar-refractivity contribution in [2.24, 2.45) is 5.92 Å². The summed E-state index contributed by atoms with van der Waals surface area (Å²) < 4.78 is 30.1. The third kappa shape index (κ3) is 4.47. The summed E-state index contributed by atoms with van der Waals surface area (Å²) in [7, 11) is -3.08. The van der Waals surface area contributed by atoms with Crippen molar-refractivity contribution in [1.82, 2.24) is 0 Å². The van der Waals surface area contributed by atoms with Crippen molar-refractivity contribution in [2.75, 3.05) is 12.4 Å². The molecule has 1 aromatic rings. The number of sulfone groups is 1. The first-order chi connectivity index (χ1) is 10.0. The fraction of sp³-hybridized carbons (Fsp3) is 0.562. The smallest absolute Gasteiger partial charge is 0.156 e. The predicted molar refractivity (Wildman–Crippen MR) is 81.9 cm³/mol. The molecule has 0 heterocycles. The molecule has 1 aromatic carbocycles. The second kappa shape index (κ2) is 6.95. The molecule has 0 aliphatic heterocycles. The zero-order valence-electron chi connectivity index (χ0n) is 12.3. The van der Waals surface area contributed by atoms with Gasteiger partial charge in [0.15, 0.2) is 9.84 Å². The van der Waals surface area contributed by atoms with Crippen LogP contribution in [0, 0.1) is 17.2 Å². The molecule has 1 aliphatic carbocycles. The van der Waals surface area contributed by atoms with Crippen LogP contribution in [-0.4, -0.2) is 26.0 Å². The molecular formula is C16H21NO3S. The largest absolute Gasteiger partial charge is 0.493 e. The highest BCUT2D eigenvalue weighted by Crippen LogP contribution is 2.28. The maximum atomic E-state index is 12.3. The van der Waals surface area contributed by atoms with Crippen molar-refractivity contribution in [2.45, 2.75) is 37.9 Å². The van der Waals surface area contributed by atoms with Gasteiger partial charge in [-0.1, -0.05) is 19.8 Å². The second-order valence-corrected chi connectivity index (χ2v) is 8.15. The molecule has 0 N–H and O–H groups in total. The van der Waals surface area contributed by atoms with Crippen molar-refractivity contribution in [1.29, 1.82) is 5.26 Å². The lowest BCUT2D eigenvalue weighted by Crippen LogP contribution is -2.31. The Hall–Kier alpha value is -1.54. The summed E-state index contributed by atoms with van der Waals surface area (Å²) in [6.45, 7) is 2.29. The highest BCUT2D eigenvalue weighted by molar-refractivity contribution is 7.92. The SMILES string of the molecule is CC1CCCC(S(=O)(=O)CCOc2ccc(C#N)cc2)C1. The Morgan fingerprint density at radius 2 is 2.00 bits per heavy atom. The van der Waals surface area contributed by atoms with Crippen molar-refractivity contribution >= 4 is 9.84 Å². The van der Waals surface area contributed by atoms with Crippen LogP contribution in [0.15, 0.2) is 24.3 Å². The van der Waals surface area contributed by atoms with Crippen LogP contribution in [0.1, 0.15) is 38.2 Å². The molecule has 4 nitrogen and oxygen atoms in total. The molecule has 0 radical (unpaired) electrons. The van der Waals surface area contributed by atoms with Gasteiger partial charge in [0.2, 0.25) is 0 Å². The summed E-state index contributed by atoms with van der Waals surface area (Å²) in [6.07, 6.45) is 3.69. The predicted octanol–water partition coefficient (Wildman–Crippen LogP) is 2.93. The van der Waals surface area contributed by atoms with Gasteiger partial charge in [-0.3, -0.25) is 0 Å². The minimum atomic E-state index is -3.08. The summed E-state index contributed by atoms with van der Waals surface area (Å²) in [5, 5.41) is 8.50. The normalized spacial score (nSPS) is 22.5. The Balaban J connectivity index is 1.85. The number of nitrogens with zero attached hydrogens (tertiary/aromatic N) is 1. The van der Waals surface area contributed by atoms with E-state index in [1.807, 2.05) is 6.07 Å². The molecule has 114 valence electrons. The summed E-state index contributed by atoms with van der Waals surface area (Å²) in [5.74, 6) is 1.16. The van der Waals surface area contributed by atoms with E-state index in [4.69, 9.17) is 10.00 Å². The summed E-state index contributed by atoms with van der Waals surface area (Å²) in [5.41, 5.74) is 0.561. The molecule has 2 rings (SSSR count). The quantitative estimate of drug-likeness (QED) is 0.839. The van der Waals surface area contributed by atoms with Crippen molar-refractivity contribution in [3.63, 3.8) is 0 Å². The van der Waals surface area contributed by atoms with Gasteiger partial charge >= 0.3 is 0 Å². The van der Waals surface area contributed by atoms with Gasteiger partial charge in [0.1, 0.15) is 12.4 Å². The third-order valence-electron chi connectivity index (χ3n) is 4.02. The zero-order chi connectivity index (χ0) is 15.3. The van der Waals surface area contributed by atoms with Crippen LogP contribution < -0.4 is 4.74 Å². The van der Waals surface area contributed by atoms with Crippen LogP contribution >= 0.6 is 0 Å². The number of benzene rings is 1. The Morgan fingerprint density at radius 1 is 1.29 bits per heavy atom. The molecule has 2 atom stereocenters. The van der Waals surface area contributed by atoms with Gasteiger partial charge in [-0.05, 0) is 43.0 Å². The van der Waals surface area contributed by atoms with E-state index in [-0.39, 0.29) is 17.6 Å². The molecule has 1 fully saturated rings. The second-order valence-electron chi connectivity index (χ2n) is 5.75. The van der Waals surface area contributed by atoms with E-state index < -0.39 is 9.84 Å². The summed E-state index contributed by atoms with van der Waals surface area (Å²) >= 11 is 0. The zero-order valence-corrected chi connectivity index (χ0v) is 13.1. The van der Waals surface area contributed by atoms with E-state index in [2.05, 4.69) is 6.92 Å². The van der Waals surface area contributed by atoms with Gasteiger partial charge in [-0.15, -0.1) is 0 Å². The van der Waals surface area contributed by atoms with Gasteiger partial charge in [0.05, 0.1) is 22.6 Å². The molecule has 5 heteroatoms. The Morgan fingerprint density at radius 3 is 2.62 bits per heavy atom. The Kier molecular flexibility index (Phi) is 5.24. The Bertz CT molecular complexity index is 601. The van der Waals surface area contributed by atoms with Crippen LogP contribution in [0.25, 0.3) is 0 Å². The van der Waals surface area contributed by atoms with E-state index in [9.17, 15) is 8.42 Å². The molecule has 2 unspecified atom stereocenters. The number of hydrogen-bond donors (Lipinski definition) is 0. The lowest BCUT2D eigenvalue weighted by Gasteiger charge is -2.26. The van der Waals surface area contributed by atoms with Crippen LogP contribution in [0.3, 0.4) is 0 Å². The van der Waals surface area contributed by atoms with E-state index in [1.54, 1.807) is 24.3 Å². The number of rotatable bonds is 5. The molecule has 0 saturated heterocycles. The van der Waals surface area contributed by atoms with Gasteiger partial charge in [-0.2, -0.15) is 5.26 Å². The first kappa shape index (κ1) is 15.8. The highest BCUT2D eigenvalue weighted by Gasteiger charge is 2.29. The molecule has 1 saturated carbocycles. The highest BCUT2D eigenvalue weighted by atomic mass is 32.2. The van der Waals surface area contributed by atoms with Crippen molar-refractivity contribution < 1.29 is 13.2 Å². The maximum absolute atomic E-state index is 12.3. The van der Waals surface area contributed by atoms with E-state index in [1.165, 1.54) is 0 Å². The monoisotopic (exact) mass is 307 g/mol. The first-order valence-corrected chi connectivity index (χ1v) is 9.07.